The van der Waals surface area contributed by atoms with Gasteiger partial charge in [-0.05, 0) is 49.1 Å². The number of benzene rings is 1. The van der Waals surface area contributed by atoms with Gasteiger partial charge >= 0.3 is 6.61 Å². The minimum atomic E-state index is -2.89. The molecule has 0 saturated heterocycles. The Kier molecular flexibility index (Phi) is 7.35. The fraction of sp³-hybridized carbons (Fsp3) is 0.278. The Morgan fingerprint density at radius 2 is 2.04 bits per heavy atom. The predicted octanol–water partition coefficient (Wildman–Crippen LogP) is 5.22. The zero-order valence-electron chi connectivity index (χ0n) is 14.8. The van der Waals surface area contributed by atoms with Crippen LogP contribution in [0.5, 0.6) is 5.75 Å². The number of carbonyl (C=O) groups is 1. The molecule has 0 amide bonds. The molecule has 0 saturated carbocycles. The van der Waals surface area contributed by atoms with Crippen LogP contribution in [0, 0.1) is 0 Å². The smallest absolute Gasteiger partial charge is 0.387 e. The Labute approximate surface area is 173 Å². The van der Waals surface area contributed by atoms with Crippen molar-refractivity contribution in [2.75, 3.05) is 11.9 Å². The normalized spacial score (nSPS) is 12.1. The van der Waals surface area contributed by atoms with Crippen molar-refractivity contribution in [2.45, 2.75) is 29.5 Å². The summed E-state index contributed by atoms with van der Waals surface area (Å²) in [5, 5.41) is 13.8. The maximum atomic E-state index is 12.5. The lowest BCUT2D eigenvalue weighted by molar-refractivity contribution is -0.0498. The number of ketones is 1. The van der Waals surface area contributed by atoms with Crippen LogP contribution < -0.4 is 10.1 Å². The van der Waals surface area contributed by atoms with Crippen LogP contribution in [0.1, 0.15) is 22.2 Å². The molecular formula is C18H17F2N3O2S3. The molecule has 148 valence electrons. The maximum absolute atomic E-state index is 12.5. The Morgan fingerprint density at radius 1 is 1.25 bits per heavy atom. The molecule has 2 aromatic heterocycles. The van der Waals surface area contributed by atoms with E-state index in [4.69, 9.17) is 0 Å². The molecule has 0 fully saturated rings. The van der Waals surface area contributed by atoms with Gasteiger partial charge < -0.3 is 10.1 Å². The van der Waals surface area contributed by atoms with Gasteiger partial charge in [0.2, 0.25) is 5.13 Å². The molecule has 0 aliphatic heterocycles. The second kappa shape index (κ2) is 9.94. The Bertz CT molecular complexity index is 886. The molecule has 3 rings (SSSR count). The standard InChI is InChI=1S/C18H17F2N3O2S3/c1-11(15(24)12-4-6-13(7-5-12)25-16(19)20)27-18-23-22-17(28-18)21-9-8-14-3-2-10-26-14/h2-7,10-11,16H,8-9H2,1H3,(H,21,22). The Hall–Kier alpha value is -2.04. The van der Waals surface area contributed by atoms with E-state index >= 15 is 0 Å². The molecule has 10 heteroatoms. The number of thiophene rings is 1. The van der Waals surface area contributed by atoms with Crippen LogP contribution in [0.2, 0.25) is 0 Å². The van der Waals surface area contributed by atoms with E-state index in [0.29, 0.717) is 15.0 Å². The summed E-state index contributed by atoms with van der Waals surface area (Å²) in [7, 11) is 0. The van der Waals surface area contributed by atoms with Gasteiger partial charge in [0.15, 0.2) is 10.1 Å². The zero-order chi connectivity index (χ0) is 19.9. The average Bonchev–Trinajstić information content (AvgIpc) is 3.33. The van der Waals surface area contributed by atoms with E-state index in [1.54, 1.807) is 18.3 Å². The van der Waals surface area contributed by atoms with Crippen LogP contribution >= 0.6 is 34.4 Å². The van der Waals surface area contributed by atoms with Crippen molar-refractivity contribution in [3.05, 3.63) is 52.2 Å². The third-order valence-electron chi connectivity index (χ3n) is 3.65. The van der Waals surface area contributed by atoms with E-state index in [9.17, 15) is 13.6 Å². The van der Waals surface area contributed by atoms with Crippen LogP contribution in [0.4, 0.5) is 13.9 Å². The first-order chi connectivity index (χ1) is 13.5. The highest BCUT2D eigenvalue weighted by atomic mass is 32.2. The topological polar surface area (TPSA) is 64.1 Å². The number of nitrogens with one attached hydrogen (secondary N) is 1. The van der Waals surface area contributed by atoms with E-state index in [1.165, 1.54) is 52.2 Å². The number of rotatable bonds is 10. The SMILES string of the molecule is CC(Sc1nnc(NCCc2cccs2)s1)C(=O)c1ccc(OC(F)F)cc1. The molecular weight excluding hydrogens is 424 g/mol. The molecule has 0 radical (unpaired) electrons. The molecule has 1 unspecified atom stereocenters. The summed E-state index contributed by atoms with van der Waals surface area (Å²) < 4.78 is 29.4. The lowest BCUT2D eigenvalue weighted by atomic mass is 10.1. The van der Waals surface area contributed by atoms with E-state index < -0.39 is 6.61 Å². The number of aromatic nitrogens is 2. The van der Waals surface area contributed by atoms with Crippen molar-refractivity contribution in [1.29, 1.82) is 0 Å². The highest BCUT2D eigenvalue weighted by Gasteiger charge is 2.19. The molecule has 2 heterocycles. The first-order valence-corrected chi connectivity index (χ1v) is 10.9. The maximum Gasteiger partial charge on any atom is 0.387 e. The van der Waals surface area contributed by atoms with Crippen molar-refractivity contribution in [2.24, 2.45) is 0 Å². The number of thioether (sulfide) groups is 1. The van der Waals surface area contributed by atoms with Crippen LogP contribution in [-0.4, -0.2) is 34.4 Å². The molecule has 1 N–H and O–H groups in total. The second-order valence-corrected chi connectivity index (χ2v) is 9.25. The first kappa shape index (κ1) is 20.7. The summed E-state index contributed by atoms with van der Waals surface area (Å²) in [6, 6.07) is 9.79. The predicted molar refractivity (Wildman–Crippen MR) is 109 cm³/mol. The van der Waals surface area contributed by atoms with Gasteiger partial charge in [0, 0.05) is 17.0 Å². The average molecular weight is 442 g/mol. The fourth-order valence-corrected chi connectivity index (χ4v) is 5.02. The van der Waals surface area contributed by atoms with Crippen molar-refractivity contribution in [3.8, 4) is 5.75 Å². The summed E-state index contributed by atoms with van der Waals surface area (Å²) in [4.78, 5) is 13.8. The number of halogens is 2. The Balaban J connectivity index is 1.50. The van der Waals surface area contributed by atoms with Crippen molar-refractivity contribution in [1.82, 2.24) is 10.2 Å². The number of alkyl halides is 2. The van der Waals surface area contributed by atoms with Crippen molar-refractivity contribution in [3.63, 3.8) is 0 Å². The number of carbonyl (C=O) groups excluding carboxylic acids is 1. The lowest BCUT2D eigenvalue weighted by Crippen LogP contribution is -2.13. The number of anilines is 1. The van der Waals surface area contributed by atoms with Crippen molar-refractivity contribution >= 4 is 45.4 Å². The second-order valence-electron chi connectivity index (χ2n) is 5.66. The molecule has 28 heavy (non-hydrogen) atoms. The number of ether oxygens (including phenoxy) is 1. The number of Topliss-reactive ketones (excluding diaryl/α,β-unsaturated/α-hetero) is 1. The molecule has 0 aliphatic rings. The third-order valence-corrected chi connectivity index (χ3v) is 6.65. The highest BCUT2D eigenvalue weighted by molar-refractivity contribution is 8.02. The zero-order valence-corrected chi connectivity index (χ0v) is 17.3. The number of nitrogens with zero attached hydrogens (tertiary/aromatic N) is 2. The summed E-state index contributed by atoms with van der Waals surface area (Å²) in [6.07, 6.45) is 0.917. The van der Waals surface area contributed by atoms with Crippen LogP contribution in [0.15, 0.2) is 46.1 Å². The molecule has 0 bridgehead atoms. The molecule has 1 atom stereocenters. The minimum Gasteiger partial charge on any atom is -0.435 e. The molecule has 1 aromatic carbocycles. The molecule has 3 aromatic rings. The lowest BCUT2D eigenvalue weighted by Gasteiger charge is -2.09. The fourth-order valence-electron chi connectivity index (χ4n) is 2.32. The van der Waals surface area contributed by atoms with Gasteiger partial charge in [0.25, 0.3) is 0 Å². The number of hydrogen-bond donors (Lipinski definition) is 1. The first-order valence-electron chi connectivity index (χ1n) is 8.37. The largest absolute Gasteiger partial charge is 0.435 e. The van der Waals surface area contributed by atoms with Gasteiger partial charge in [-0.2, -0.15) is 8.78 Å². The van der Waals surface area contributed by atoms with Gasteiger partial charge in [-0.1, -0.05) is 29.2 Å². The van der Waals surface area contributed by atoms with Crippen LogP contribution in [-0.2, 0) is 6.42 Å². The quantitative estimate of drug-likeness (QED) is 0.344. The summed E-state index contributed by atoms with van der Waals surface area (Å²) in [6.45, 7) is -0.343. The van der Waals surface area contributed by atoms with Gasteiger partial charge in [-0.25, -0.2) is 0 Å². The Morgan fingerprint density at radius 3 is 2.71 bits per heavy atom. The van der Waals surface area contributed by atoms with Crippen LogP contribution in [0.25, 0.3) is 0 Å². The number of hydrogen-bond acceptors (Lipinski definition) is 8. The van der Waals surface area contributed by atoms with Gasteiger partial charge in [-0.15, -0.1) is 21.5 Å². The van der Waals surface area contributed by atoms with Gasteiger partial charge in [0.1, 0.15) is 5.75 Å². The summed E-state index contributed by atoms with van der Waals surface area (Å²) in [5.41, 5.74) is 0.431. The molecule has 0 spiro atoms. The molecule has 0 aliphatic carbocycles. The van der Waals surface area contributed by atoms with Gasteiger partial charge in [-0.3, -0.25) is 4.79 Å². The van der Waals surface area contributed by atoms with Crippen LogP contribution in [0.3, 0.4) is 0 Å². The van der Waals surface area contributed by atoms with Crippen molar-refractivity contribution < 1.29 is 18.3 Å². The van der Waals surface area contributed by atoms with E-state index in [1.807, 2.05) is 11.4 Å². The summed E-state index contributed by atoms with van der Waals surface area (Å²) in [5.74, 6) is -0.0924. The minimum absolute atomic E-state index is 0.0224. The molecule has 5 nitrogen and oxygen atoms in total. The monoisotopic (exact) mass is 441 g/mol. The van der Waals surface area contributed by atoms with E-state index in [-0.39, 0.29) is 16.8 Å². The summed E-state index contributed by atoms with van der Waals surface area (Å²) >= 11 is 4.43. The van der Waals surface area contributed by atoms with E-state index in [2.05, 4.69) is 26.3 Å². The highest BCUT2D eigenvalue weighted by Crippen LogP contribution is 2.30. The third kappa shape index (κ3) is 5.98. The van der Waals surface area contributed by atoms with E-state index in [0.717, 1.165) is 13.0 Å². The van der Waals surface area contributed by atoms with Gasteiger partial charge in [0.05, 0.1) is 5.25 Å².